The molecule has 5 aliphatic rings. The second kappa shape index (κ2) is 7.06. The highest BCUT2D eigenvalue weighted by Crippen LogP contribution is 2.67. The van der Waals surface area contributed by atoms with Gasteiger partial charge in [-0.3, -0.25) is 0 Å². The Balaban J connectivity index is 1.36. The number of fused-ring (bicyclic) bond motifs is 5. The first-order chi connectivity index (χ1) is 14.1. The smallest absolute Gasteiger partial charge is 0.113 e. The highest BCUT2D eigenvalue weighted by Gasteiger charge is 2.62. The van der Waals surface area contributed by atoms with Crippen molar-refractivity contribution in [1.82, 2.24) is 0 Å². The van der Waals surface area contributed by atoms with Crippen LogP contribution < -0.4 is 0 Å². The maximum atomic E-state index is 11.2. The molecule has 0 bridgehead atoms. The third kappa shape index (κ3) is 2.94. The summed E-state index contributed by atoms with van der Waals surface area (Å²) in [7, 11) is 0. The Bertz CT molecular complexity index is 717. The van der Waals surface area contributed by atoms with Gasteiger partial charge in [-0.1, -0.05) is 39.3 Å². The molecule has 1 aliphatic heterocycles. The number of aliphatic hydroxyl groups is 2. The van der Waals surface area contributed by atoms with E-state index in [0.717, 1.165) is 43.4 Å². The molecule has 0 amide bonds. The van der Waals surface area contributed by atoms with Crippen molar-refractivity contribution in [3.63, 3.8) is 0 Å². The van der Waals surface area contributed by atoms with Crippen molar-refractivity contribution in [2.24, 2.45) is 40.4 Å². The van der Waals surface area contributed by atoms with Crippen molar-refractivity contribution in [3.8, 4) is 0 Å². The molecule has 0 unspecified atom stereocenters. The summed E-state index contributed by atoms with van der Waals surface area (Å²) in [6, 6.07) is 0. The molecule has 2 N–H and O–H groups in total. The van der Waals surface area contributed by atoms with Crippen LogP contribution in [0.1, 0.15) is 92.4 Å². The summed E-state index contributed by atoms with van der Waals surface area (Å²) in [4.78, 5) is 0. The average molecular weight is 417 g/mol. The minimum absolute atomic E-state index is 0.0317. The maximum Gasteiger partial charge on any atom is 0.113 e. The standard InChI is InChI=1S/C27H44O3/c1-6-27(5)24(30-27)23(29)16(2)20-9-10-21-19-8-7-17-15-18(28)11-13-25(17,3)22(19)12-14-26(20,21)4/h7,16,18-24,28-29H,6,8-15H2,1-5H3/t16-,18-,19-,20+,21-,22-,23+,24-,25-,26+,27-/m0/s1. The third-order valence-electron chi connectivity index (χ3n) is 11.3. The van der Waals surface area contributed by atoms with Gasteiger partial charge in [-0.15, -0.1) is 0 Å². The van der Waals surface area contributed by atoms with Gasteiger partial charge in [0.1, 0.15) is 6.10 Å². The molecule has 11 atom stereocenters. The third-order valence-corrected chi connectivity index (χ3v) is 11.3. The molecule has 4 fully saturated rings. The molecule has 170 valence electrons. The number of epoxide rings is 1. The lowest BCUT2D eigenvalue weighted by Crippen LogP contribution is -2.51. The molecule has 3 nitrogen and oxygen atoms in total. The van der Waals surface area contributed by atoms with Gasteiger partial charge < -0.3 is 14.9 Å². The van der Waals surface area contributed by atoms with E-state index in [2.05, 4.69) is 40.7 Å². The van der Waals surface area contributed by atoms with Crippen LogP contribution in [0, 0.1) is 40.4 Å². The second-order valence-electron chi connectivity index (χ2n) is 12.4. The van der Waals surface area contributed by atoms with E-state index in [9.17, 15) is 10.2 Å². The normalized spacial score (nSPS) is 54.4. The van der Waals surface area contributed by atoms with E-state index in [1.807, 2.05) is 0 Å². The Labute approximate surface area is 183 Å². The van der Waals surface area contributed by atoms with E-state index in [4.69, 9.17) is 4.74 Å². The van der Waals surface area contributed by atoms with Gasteiger partial charge in [0.25, 0.3) is 0 Å². The van der Waals surface area contributed by atoms with Crippen LogP contribution in [0.2, 0.25) is 0 Å². The average Bonchev–Trinajstić information content (AvgIpc) is 3.28. The molecule has 0 radical (unpaired) electrons. The molecule has 4 aliphatic carbocycles. The van der Waals surface area contributed by atoms with E-state index in [-0.39, 0.29) is 23.9 Å². The number of ether oxygens (including phenoxy) is 1. The number of hydrogen-bond acceptors (Lipinski definition) is 3. The van der Waals surface area contributed by atoms with Crippen molar-refractivity contribution in [2.75, 3.05) is 0 Å². The SMILES string of the molecule is CC[C@]1(C)O[C@H]1[C@H](O)[C@@H](C)[C@H]1CC[C@H]2[C@@H]3CC=C4C[C@@H](O)CC[C@]4(C)[C@H]3CC[C@]12C. The van der Waals surface area contributed by atoms with Crippen molar-refractivity contribution in [2.45, 2.75) is 116 Å². The van der Waals surface area contributed by atoms with Gasteiger partial charge in [0.2, 0.25) is 0 Å². The Hall–Kier alpha value is -0.380. The molecular weight excluding hydrogens is 372 g/mol. The first-order valence-corrected chi connectivity index (χ1v) is 12.9. The molecule has 1 saturated heterocycles. The van der Waals surface area contributed by atoms with E-state index >= 15 is 0 Å². The summed E-state index contributed by atoms with van der Waals surface area (Å²) in [5.74, 6) is 3.28. The van der Waals surface area contributed by atoms with Crippen molar-refractivity contribution < 1.29 is 14.9 Å². The van der Waals surface area contributed by atoms with Crippen LogP contribution in [0.3, 0.4) is 0 Å². The molecule has 1 heterocycles. The summed E-state index contributed by atoms with van der Waals surface area (Å²) >= 11 is 0. The quantitative estimate of drug-likeness (QED) is 0.470. The molecule has 0 spiro atoms. The van der Waals surface area contributed by atoms with Gasteiger partial charge >= 0.3 is 0 Å². The Morgan fingerprint density at radius 2 is 1.87 bits per heavy atom. The number of aliphatic hydroxyl groups excluding tert-OH is 2. The van der Waals surface area contributed by atoms with Crippen LogP contribution in [0.15, 0.2) is 11.6 Å². The van der Waals surface area contributed by atoms with Gasteiger partial charge in [-0.2, -0.15) is 0 Å². The van der Waals surface area contributed by atoms with Crippen molar-refractivity contribution in [1.29, 1.82) is 0 Å². The van der Waals surface area contributed by atoms with Gasteiger partial charge in [-0.25, -0.2) is 0 Å². The lowest BCUT2D eigenvalue weighted by atomic mass is 9.47. The van der Waals surface area contributed by atoms with E-state index in [1.54, 1.807) is 5.57 Å². The second-order valence-corrected chi connectivity index (χ2v) is 12.4. The molecule has 30 heavy (non-hydrogen) atoms. The van der Waals surface area contributed by atoms with Gasteiger partial charge in [0, 0.05) is 0 Å². The van der Waals surface area contributed by atoms with Gasteiger partial charge in [0.15, 0.2) is 0 Å². The molecule has 0 aromatic rings. The first kappa shape index (κ1) is 21.5. The predicted molar refractivity (Wildman–Crippen MR) is 120 cm³/mol. The molecule has 5 rings (SSSR count). The summed E-state index contributed by atoms with van der Waals surface area (Å²) in [5.41, 5.74) is 2.13. The molecular formula is C27H44O3. The number of hydrogen-bond donors (Lipinski definition) is 2. The summed E-state index contributed by atoms with van der Waals surface area (Å²) < 4.78 is 5.95. The number of rotatable bonds is 4. The van der Waals surface area contributed by atoms with Crippen LogP contribution in [-0.2, 0) is 4.74 Å². The fourth-order valence-corrected chi connectivity index (χ4v) is 9.03. The zero-order chi connectivity index (χ0) is 21.5. The number of allylic oxidation sites excluding steroid dienone is 1. The molecule has 0 aromatic heterocycles. The highest BCUT2D eigenvalue weighted by atomic mass is 16.6. The zero-order valence-electron chi connectivity index (χ0n) is 19.9. The van der Waals surface area contributed by atoms with Crippen molar-refractivity contribution in [3.05, 3.63) is 11.6 Å². The minimum Gasteiger partial charge on any atom is -0.393 e. The van der Waals surface area contributed by atoms with Crippen LogP contribution in [0.5, 0.6) is 0 Å². The van der Waals surface area contributed by atoms with Crippen molar-refractivity contribution >= 4 is 0 Å². The zero-order valence-corrected chi connectivity index (χ0v) is 19.9. The van der Waals surface area contributed by atoms with E-state index < -0.39 is 0 Å². The Morgan fingerprint density at radius 1 is 1.10 bits per heavy atom. The Kier molecular flexibility index (Phi) is 5.05. The lowest BCUT2D eigenvalue weighted by Gasteiger charge is -2.58. The van der Waals surface area contributed by atoms with E-state index in [0.29, 0.717) is 22.7 Å². The maximum absolute atomic E-state index is 11.2. The van der Waals surface area contributed by atoms with Crippen LogP contribution >= 0.6 is 0 Å². The molecule has 3 heteroatoms. The van der Waals surface area contributed by atoms with Crippen LogP contribution in [0.4, 0.5) is 0 Å². The summed E-state index contributed by atoms with van der Waals surface area (Å²) in [6.07, 6.45) is 12.6. The monoisotopic (exact) mass is 416 g/mol. The minimum atomic E-state index is -0.330. The molecule has 0 aromatic carbocycles. The predicted octanol–water partition coefficient (Wildman–Crippen LogP) is 5.49. The largest absolute Gasteiger partial charge is 0.393 e. The first-order valence-electron chi connectivity index (χ1n) is 12.9. The highest BCUT2D eigenvalue weighted by molar-refractivity contribution is 5.25. The lowest BCUT2D eigenvalue weighted by molar-refractivity contribution is -0.0693. The van der Waals surface area contributed by atoms with Crippen LogP contribution in [0.25, 0.3) is 0 Å². The summed E-state index contributed by atoms with van der Waals surface area (Å²) in [5, 5.41) is 21.4. The van der Waals surface area contributed by atoms with E-state index in [1.165, 1.54) is 32.1 Å². The Morgan fingerprint density at radius 3 is 2.57 bits per heavy atom. The summed E-state index contributed by atoms with van der Waals surface area (Å²) in [6.45, 7) is 11.7. The fraction of sp³-hybridized carbons (Fsp3) is 0.926. The topological polar surface area (TPSA) is 53.0 Å². The molecule has 3 saturated carbocycles. The van der Waals surface area contributed by atoms with Gasteiger partial charge in [0.05, 0.1) is 17.8 Å². The van der Waals surface area contributed by atoms with Gasteiger partial charge in [-0.05, 0) is 105 Å². The van der Waals surface area contributed by atoms with Crippen LogP contribution in [-0.4, -0.2) is 34.1 Å². The fourth-order valence-electron chi connectivity index (χ4n) is 9.03.